The lowest BCUT2D eigenvalue weighted by Gasteiger charge is -1.91. The van der Waals surface area contributed by atoms with E-state index in [-0.39, 0.29) is 0 Å². The Balaban J connectivity index is 2.28. The lowest BCUT2D eigenvalue weighted by molar-refractivity contribution is 0.907. The van der Waals surface area contributed by atoms with Gasteiger partial charge in [0.2, 0.25) is 0 Å². The molecule has 0 bridgehead atoms. The summed E-state index contributed by atoms with van der Waals surface area (Å²) in [6.45, 7) is 0.912. The molecule has 3 nitrogen and oxygen atoms in total. The molecule has 10 heavy (non-hydrogen) atoms. The second-order valence-electron chi connectivity index (χ2n) is 2.00. The molecule has 4 heteroatoms. The van der Waals surface area contributed by atoms with Gasteiger partial charge in [-0.1, -0.05) is 17.4 Å². The van der Waals surface area contributed by atoms with E-state index in [9.17, 15) is 0 Å². The van der Waals surface area contributed by atoms with Gasteiger partial charge in [-0.15, -0.1) is 10.2 Å². The number of rotatable bonds is 1. The normalized spacial score (nSPS) is 16.6. The van der Waals surface area contributed by atoms with E-state index in [0.29, 0.717) is 0 Å². The van der Waals surface area contributed by atoms with Crippen molar-refractivity contribution in [2.75, 3.05) is 6.54 Å². The molecule has 0 saturated heterocycles. The fraction of sp³-hybridized carbons (Fsp3) is 0.333. The first-order valence-corrected chi connectivity index (χ1v) is 3.99. The zero-order chi connectivity index (χ0) is 6.81. The van der Waals surface area contributed by atoms with Gasteiger partial charge < -0.3 is 0 Å². The van der Waals surface area contributed by atoms with Gasteiger partial charge in [-0.3, -0.25) is 5.32 Å². The number of aromatic nitrogens is 2. The molecule has 1 radical (unpaired) electrons. The van der Waals surface area contributed by atoms with Crippen LogP contribution in [0.15, 0.2) is 11.6 Å². The monoisotopic (exact) mass is 152 g/mol. The average Bonchev–Trinajstić information content (AvgIpc) is 2.59. The highest BCUT2D eigenvalue weighted by Gasteiger charge is 2.09. The van der Waals surface area contributed by atoms with E-state index in [0.717, 1.165) is 23.7 Å². The lowest BCUT2D eigenvalue weighted by atomic mass is 10.4. The van der Waals surface area contributed by atoms with E-state index in [1.165, 1.54) is 11.3 Å². The third-order valence-corrected chi connectivity index (χ3v) is 2.04. The van der Waals surface area contributed by atoms with Crippen molar-refractivity contribution in [3.05, 3.63) is 16.6 Å². The van der Waals surface area contributed by atoms with Crippen LogP contribution < -0.4 is 5.32 Å². The van der Waals surface area contributed by atoms with Crippen LogP contribution >= 0.6 is 11.3 Å². The Bertz CT molecular complexity index is 240. The minimum Gasteiger partial charge on any atom is -0.282 e. The second-order valence-corrected chi connectivity index (χ2v) is 2.84. The quantitative estimate of drug-likeness (QED) is 0.599. The van der Waals surface area contributed by atoms with Gasteiger partial charge >= 0.3 is 0 Å². The zero-order valence-corrected chi connectivity index (χ0v) is 6.14. The summed E-state index contributed by atoms with van der Waals surface area (Å²) >= 11 is 1.54. The predicted octanol–water partition coefficient (Wildman–Crippen LogP) is 0.887. The molecule has 0 N–H and O–H groups in total. The number of hydrogen-bond acceptors (Lipinski definition) is 3. The fourth-order valence-electron chi connectivity index (χ4n) is 0.890. The van der Waals surface area contributed by atoms with Crippen LogP contribution in [0.4, 0.5) is 0 Å². The van der Waals surface area contributed by atoms with E-state index in [1.807, 2.05) is 0 Å². The molecule has 1 aliphatic rings. The molecule has 51 valence electrons. The average molecular weight is 152 g/mol. The summed E-state index contributed by atoms with van der Waals surface area (Å²) in [6.07, 6.45) is 3.15. The molecule has 0 fully saturated rings. The molecule has 1 aromatic heterocycles. The molecule has 1 aromatic rings. The van der Waals surface area contributed by atoms with Crippen LogP contribution in [0, 0.1) is 0 Å². The zero-order valence-electron chi connectivity index (χ0n) is 5.32. The van der Waals surface area contributed by atoms with Crippen molar-refractivity contribution in [3.63, 3.8) is 0 Å². The summed E-state index contributed by atoms with van der Waals surface area (Å²) in [7, 11) is 0. The number of hydrogen-bond donors (Lipinski definition) is 0. The van der Waals surface area contributed by atoms with Crippen molar-refractivity contribution in [1.82, 2.24) is 15.5 Å². The molecular weight excluding hydrogens is 146 g/mol. The van der Waals surface area contributed by atoms with E-state index in [4.69, 9.17) is 0 Å². The third-order valence-electron chi connectivity index (χ3n) is 1.33. The van der Waals surface area contributed by atoms with Crippen LogP contribution in [-0.4, -0.2) is 16.7 Å². The first-order chi connectivity index (χ1) is 4.97. The van der Waals surface area contributed by atoms with Crippen LogP contribution in [-0.2, 0) is 0 Å². The maximum absolute atomic E-state index is 4.25. The van der Waals surface area contributed by atoms with Crippen molar-refractivity contribution in [2.45, 2.75) is 6.42 Å². The predicted molar refractivity (Wildman–Crippen MR) is 39.5 cm³/mol. The van der Waals surface area contributed by atoms with Gasteiger partial charge in [0.25, 0.3) is 0 Å². The molecule has 0 aliphatic carbocycles. The maximum atomic E-state index is 4.25. The van der Waals surface area contributed by atoms with E-state index in [2.05, 4.69) is 21.6 Å². The summed E-state index contributed by atoms with van der Waals surface area (Å²) in [4.78, 5) is 0. The summed E-state index contributed by atoms with van der Waals surface area (Å²) in [5.74, 6) is 0. The van der Waals surface area contributed by atoms with Crippen LogP contribution in [0.1, 0.15) is 11.4 Å². The topological polar surface area (TPSA) is 39.9 Å². The van der Waals surface area contributed by atoms with Crippen molar-refractivity contribution in [2.24, 2.45) is 0 Å². The van der Waals surface area contributed by atoms with Crippen molar-refractivity contribution >= 4 is 17.0 Å². The van der Waals surface area contributed by atoms with Crippen molar-refractivity contribution < 1.29 is 0 Å². The van der Waals surface area contributed by atoms with Gasteiger partial charge in [-0.05, 0) is 6.42 Å². The van der Waals surface area contributed by atoms with Gasteiger partial charge in [0.05, 0.1) is 5.70 Å². The molecule has 0 amide bonds. The lowest BCUT2D eigenvalue weighted by Crippen LogP contribution is -1.96. The van der Waals surface area contributed by atoms with Crippen molar-refractivity contribution in [3.8, 4) is 0 Å². The summed E-state index contributed by atoms with van der Waals surface area (Å²) in [5.41, 5.74) is 2.74. The van der Waals surface area contributed by atoms with E-state index in [1.54, 1.807) is 5.51 Å². The molecule has 1 aliphatic heterocycles. The highest BCUT2D eigenvalue weighted by Crippen LogP contribution is 2.17. The van der Waals surface area contributed by atoms with Gasteiger partial charge in [0.1, 0.15) is 5.51 Å². The highest BCUT2D eigenvalue weighted by atomic mass is 32.1. The minimum absolute atomic E-state index is 0.912. The Labute approximate surface area is 62.8 Å². The third kappa shape index (κ3) is 0.903. The van der Waals surface area contributed by atoms with Crippen LogP contribution in [0.3, 0.4) is 0 Å². The first-order valence-electron chi connectivity index (χ1n) is 3.11. The largest absolute Gasteiger partial charge is 0.282 e. The van der Waals surface area contributed by atoms with Crippen LogP contribution in [0.25, 0.3) is 5.70 Å². The Morgan fingerprint density at radius 1 is 1.50 bits per heavy atom. The molecule has 0 atom stereocenters. The van der Waals surface area contributed by atoms with Crippen molar-refractivity contribution in [1.29, 1.82) is 0 Å². The van der Waals surface area contributed by atoms with Crippen LogP contribution in [0.5, 0.6) is 0 Å². The molecule has 0 spiro atoms. The molecule has 0 saturated carbocycles. The van der Waals surface area contributed by atoms with Gasteiger partial charge in [-0.2, -0.15) is 0 Å². The Morgan fingerprint density at radius 2 is 2.50 bits per heavy atom. The van der Waals surface area contributed by atoms with Gasteiger partial charge in [0.15, 0.2) is 5.01 Å². The smallest absolute Gasteiger partial charge is 0.165 e. The highest BCUT2D eigenvalue weighted by molar-refractivity contribution is 7.10. The Morgan fingerprint density at radius 3 is 3.10 bits per heavy atom. The first kappa shape index (κ1) is 5.85. The molecule has 2 heterocycles. The fourth-order valence-corrected chi connectivity index (χ4v) is 1.45. The Kier molecular flexibility index (Phi) is 1.39. The molecule has 0 unspecified atom stereocenters. The van der Waals surface area contributed by atoms with E-state index < -0.39 is 0 Å². The standard InChI is InChI=1S/C6H6N3S/c1-2-5(7-3-1)6-9-8-4-10-6/h2,4H,1,3H2. The summed E-state index contributed by atoms with van der Waals surface area (Å²) < 4.78 is 0. The summed E-state index contributed by atoms with van der Waals surface area (Å²) in [6, 6.07) is 0. The molecular formula is C6H6N3S. The Hall–Kier alpha value is -0.900. The molecule has 2 rings (SSSR count). The minimum atomic E-state index is 0.912. The SMILES string of the molecule is C1=C(c2nncs2)[N]CC1. The van der Waals surface area contributed by atoms with Gasteiger partial charge in [-0.25, -0.2) is 0 Å². The second kappa shape index (κ2) is 2.38. The molecule has 0 aromatic carbocycles. The van der Waals surface area contributed by atoms with Gasteiger partial charge in [0, 0.05) is 6.54 Å². The van der Waals surface area contributed by atoms with Crippen LogP contribution in [0.2, 0.25) is 0 Å². The maximum Gasteiger partial charge on any atom is 0.165 e. The number of nitrogens with zero attached hydrogens (tertiary/aromatic N) is 3. The van der Waals surface area contributed by atoms with E-state index >= 15 is 0 Å². The summed E-state index contributed by atoms with van der Waals surface area (Å²) in [5, 5.41) is 12.8.